The fourth-order valence-corrected chi connectivity index (χ4v) is 4.53. The van der Waals surface area contributed by atoms with Crippen molar-refractivity contribution >= 4 is 17.3 Å². The van der Waals surface area contributed by atoms with Crippen LogP contribution in [0.5, 0.6) is 0 Å². The molecule has 0 amide bonds. The van der Waals surface area contributed by atoms with Crippen molar-refractivity contribution in [1.29, 1.82) is 0 Å². The van der Waals surface area contributed by atoms with Gasteiger partial charge in [0.2, 0.25) is 0 Å². The summed E-state index contributed by atoms with van der Waals surface area (Å²) in [4.78, 5) is 11.7. The highest BCUT2D eigenvalue weighted by Crippen LogP contribution is 2.66. The van der Waals surface area contributed by atoms with Gasteiger partial charge in [-0.2, -0.15) is 5.10 Å². The lowest BCUT2D eigenvalue weighted by Crippen LogP contribution is -2.22. The zero-order valence-corrected chi connectivity index (χ0v) is 11.0. The van der Waals surface area contributed by atoms with Crippen LogP contribution in [0, 0.1) is 23.7 Å². The van der Waals surface area contributed by atoms with Crippen molar-refractivity contribution in [1.82, 2.24) is 9.78 Å². The summed E-state index contributed by atoms with van der Waals surface area (Å²) < 4.78 is 1.27. The number of aromatic nitrogens is 2. The molecular weight excluding hydrogens is 250 g/mol. The summed E-state index contributed by atoms with van der Waals surface area (Å²) in [6.45, 7) is 0. The van der Waals surface area contributed by atoms with Crippen molar-refractivity contribution in [3.8, 4) is 0 Å². The minimum absolute atomic E-state index is 0.226. The number of hydrogen-bond donors (Lipinski definition) is 1. The maximum absolute atomic E-state index is 11.7. The van der Waals surface area contributed by atoms with Gasteiger partial charge in [0.05, 0.1) is 11.9 Å². The third kappa shape index (κ3) is 1.32. The van der Waals surface area contributed by atoms with E-state index in [0.29, 0.717) is 11.7 Å². The summed E-state index contributed by atoms with van der Waals surface area (Å²) in [5.41, 5.74) is 0.481. The monoisotopic (exact) mass is 265 g/mol. The minimum Gasteiger partial charge on any atom is -0.379 e. The topological polar surface area (TPSA) is 46.9 Å². The van der Waals surface area contributed by atoms with Crippen molar-refractivity contribution in [2.75, 3.05) is 5.32 Å². The summed E-state index contributed by atoms with van der Waals surface area (Å²) in [6, 6.07) is 0.530. The van der Waals surface area contributed by atoms with Crippen LogP contribution in [-0.2, 0) is 7.05 Å². The molecule has 1 heterocycles. The first-order chi connectivity index (χ1) is 8.66. The minimum atomic E-state index is -0.226. The molecule has 3 fully saturated rings. The predicted octanol–water partition coefficient (Wildman–Crippen LogP) is 1.89. The van der Waals surface area contributed by atoms with Crippen LogP contribution in [0.3, 0.4) is 0 Å². The first-order valence-electron chi connectivity index (χ1n) is 6.65. The maximum atomic E-state index is 11.7. The lowest BCUT2D eigenvalue weighted by Gasteiger charge is -2.12. The molecule has 3 aliphatic rings. The van der Waals surface area contributed by atoms with Gasteiger partial charge in [0.15, 0.2) is 0 Å². The highest BCUT2D eigenvalue weighted by atomic mass is 35.5. The highest BCUT2D eigenvalue weighted by Gasteiger charge is 2.65. The Kier molecular flexibility index (Phi) is 2.11. The summed E-state index contributed by atoms with van der Waals surface area (Å²) >= 11 is 6.08. The smallest absolute Gasteiger partial charge is 0.287 e. The number of fused-ring (bicyclic) bond motifs is 5. The molecule has 96 valence electrons. The van der Waals surface area contributed by atoms with Crippen LogP contribution in [0.1, 0.15) is 19.3 Å². The molecule has 0 aliphatic heterocycles. The first-order valence-corrected chi connectivity index (χ1v) is 7.03. The molecule has 5 heteroatoms. The molecule has 1 aromatic rings. The van der Waals surface area contributed by atoms with Crippen molar-refractivity contribution in [2.45, 2.75) is 25.3 Å². The molecule has 4 unspecified atom stereocenters. The number of anilines is 1. The average Bonchev–Trinajstić information content (AvgIpc) is 2.76. The second-order valence-corrected chi connectivity index (χ2v) is 6.34. The predicted molar refractivity (Wildman–Crippen MR) is 69.7 cm³/mol. The van der Waals surface area contributed by atoms with Crippen molar-refractivity contribution in [3.05, 3.63) is 21.6 Å². The first kappa shape index (κ1) is 10.9. The molecule has 2 bridgehead atoms. The average molecular weight is 266 g/mol. The van der Waals surface area contributed by atoms with Crippen molar-refractivity contribution in [3.63, 3.8) is 0 Å². The second kappa shape index (κ2) is 3.50. The van der Waals surface area contributed by atoms with E-state index >= 15 is 0 Å². The molecule has 4 nitrogen and oxygen atoms in total. The molecule has 0 aromatic carbocycles. The number of rotatable bonds is 2. The lowest BCUT2D eigenvalue weighted by molar-refractivity contribution is 0.456. The summed E-state index contributed by atoms with van der Waals surface area (Å²) in [5, 5.41) is 7.74. The van der Waals surface area contributed by atoms with E-state index in [0.717, 1.165) is 23.7 Å². The van der Waals surface area contributed by atoms with E-state index < -0.39 is 0 Å². The van der Waals surface area contributed by atoms with Crippen molar-refractivity contribution in [2.24, 2.45) is 30.7 Å². The van der Waals surface area contributed by atoms with E-state index in [1.165, 1.54) is 23.9 Å². The number of nitrogens with zero attached hydrogens (tertiary/aromatic N) is 2. The van der Waals surface area contributed by atoms with Gasteiger partial charge in [-0.15, -0.1) is 0 Å². The molecule has 0 spiro atoms. The molecule has 0 saturated heterocycles. The molecular formula is C13H16ClN3O. The SMILES string of the molecule is Cn1ncc(NC2C3C4CCC(C4)C23)c(Cl)c1=O. The molecule has 4 atom stereocenters. The van der Waals surface area contributed by atoms with Gasteiger partial charge in [-0.05, 0) is 42.9 Å². The Morgan fingerprint density at radius 1 is 1.39 bits per heavy atom. The van der Waals surface area contributed by atoms with Gasteiger partial charge in [0.1, 0.15) is 5.02 Å². The van der Waals surface area contributed by atoms with Crippen LogP contribution in [0.2, 0.25) is 5.02 Å². The molecule has 3 aliphatic carbocycles. The lowest BCUT2D eigenvalue weighted by atomic mass is 10.0. The molecule has 3 saturated carbocycles. The fraction of sp³-hybridized carbons (Fsp3) is 0.692. The van der Waals surface area contributed by atoms with Crippen LogP contribution in [0.15, 0.2) is 11.0 Å². The standard InChI is InChI=1S/C13H16ClN3O/c1-17-13(18)11(14)8(5-15-17)16-12-9-6-2-3-7(4-6)10(9)12/h5-7,9-10,12,16H,2-4H2,1H3. The van der Waals surface area contributed by atoms with Crippen molar-refractivity contribution < 1.29 is 0 Å². The van der Waals surface area contributed by atoms with Gasteiger partial charge >= 0.3 is 0 Å². The molecule has 1 aromatic heterocycles. The van der Waals surface area contributed by atoms with E-state index in [1.807, 2.05) is 0 Å². The van der Waals surface area contributed by atoms with Gasteiger partial charge in [-0.3, -0.25) is 4.79 Å². The van der Waals surface area contributed by atoms with Crippen LogP contribution < -0.4 is 10.9 Å². The Morgan fingerprint density at radius 3 is 2.72 bits per heavy atom. The normalized spacial score (nSPS) is 39.8. The summed E-state index contributed by atoms with van der Waals surface area (Å²) in [7, 11) is 1.62. The summed E-state index contributed by atoms with van der Waals surface area (Å²) in [5.74, 6) is 3.47. The molecule has 1 N–H and O–H groups in total. The third-order valence-corrected chi connectivity index (χ3v) is 5.50. The molecule has 18 heavy (non-hydrogen) atoms. The van der Waals surface area contributed by atoms with E-state index in [2.05, 4.69) is 10.4 Å². The largest absolute Gasteiger partial charge is 0.379 e. The Balaban J connectivity index is 1.57. The zero-order valence-electron chi connectivity index (χ0n) is 10.3. The maximum Gasteiger partial charge on any atom is 0.287 e. The van der Waals surface area contributed by atoms with Crippen LogP contribution >= 0.6 is 11.6 Å². The van der Waals surface area contributed by atoms with Gasteiger partial charge in [-0.25, -0.2) is 4.68 Å². The molecule has 4 rings (SSSR count). The summed E-state index contributed by atoms with van der Waals surface area (Å²) in [6.07, 6.45) is 5.88. The Labute approximate surface area is 110 Å². The van der Waals surface area contributed by atoms with E-state index in [9.17, 15) is 4.79 Å². The van der Waals surface area contributed by atoms with Gasteiger partial charge < -0.3 is 5.32 Å². The quantitative estimate of drug-likeness (QED) is 0.888. The Morgan fingerprint density at radius 2 is 2.06 bits per heavy atom. The highest BCUT2D eigenvalue weighted by molar-refractivity contribution is 6.32. The number of nitrogens with one attached hydrogen (secondary N) is 1. The van der Waals surface area contributed by atoms with E-state index in [1.54, 1.807) is 13.2 Å². The van der Waals surface area contributed by atoms with Crippen LogP contribution in [-0.4, -0.2) is 15.8 Å². The van der Waals surface area contributed by atoms with Gasteiger partial charge in [-0.1, -0.05) is 11.6 Å². The zero-order chi connectivity index (χ0) is 12.4. The van der Waals surface area contributed by atoms with E-state index in [-0.39, 0.29) is 10.6 Å². The Hall–Kier alpha value is -1.03. The fourth-order valence-electron chi connectivity index (χ4n) is 4.31. The van der Waals surface area contributed by atoms with E-state index in [4.69, 9.17) is 11.6 Å². The number of aryl methyl sites for hydroxylation is 1. The van der Waals surface area contributed by atoms with Crippen LogP contribution in [0.25, 0.3) is 0 Å². The van der Waals surface area contributed by atoms with Gasteiger partial charge in [0, 0.05) is 13.1 Å². The molecule has 0 radical (unpaired) electrons. The number of halogens is 1. The number of hydrogen-bond acceptors (Lipinski definition) is 3. The third-order valence-electron chi connectivity index (χ3n) is 5.14. The second-order valence-electron chi connectivity index (χ2n) is 5.96. The Bertz CT molecular complexity index is 554. The van der Waals surface area contributed by atoms with Gasteiger partial charge in [0.25, 0.3) is 5.56 Å². The van der Waals surface area contributed by atoms with Crippen LogP contribution in [0.4, 0.5) is 5.69 Å².